The van der Waals surface area contributed by atoms with Crippen LogP contribution in [0.25, 0.3) is 0 Å². The van der Waals surface area contributed by atoms with E-state index in [1.54, 1.807) is 36.2 Å². The Labute approximate surface area is 189 Å². The van der Waals surface area contributed by atoms with Gasteiger partial charge < -0.3 is 10.6 Å². The van der Waals surface area contributed by atoms with Gasteiger partial charge in [0.1, 0.15) is 0 Å². The molecular weight excluding hydrogens is 412 g/mol. The first-order chi connectivity index (χ1) is 14.9. The number of nitrogens with zero attached hydrogens (tertiary/aromatic N) is 2. The minimum Gasteiger partial charge on any atom is -0.352 e. The summed E-state index contributed by atoms with van der Waals surface area (Å²) >= 11 is 5.95. The first-order valence-corrected chi connectivity index (χ1v) is 11.1. The van der Waals surface area contributed by atoms with Crippen molar-refractivity contribution in [2.75, 3.05) is 32.0 Å². The molecule has 1 fully saturated rings. The SMILES string of the molecule is CC(C(=O)NC1CCN(Cc2ccccc2)CC1)N(C)CC(=O)Nc1cccc(Cl)c1. The van der Waals surface area contributed by atoms with Crippen molar-refractivity contribution in [3.63, 3.8) is 0 Å². The van der Waals surface area contributed by atoms with Crippen LogP contribution in [0.3, 0.4) is 0 Å². The molecular formula is C24H31ClN4O2. The van der Waals surface area contributed by atoms with Crippen LogP contribution in [0.2, 0.25) is 5.02 Å². The van der Waals surface area contributed by atoms with E-state index in [9.17, 15) is 9.59 Å². The van der Waals surface area contributed by atoms with Crippen molar-refractivity contribution >= 4 is 29.1 Å². The zero-order chi connectivity index (χ0) is 22.2. The molecule has 7 heteroatoms. The van der Waals surface area contributed by atoms with Crippen LogP contribution in [0.1, 0.15) is 25.3 Å². The molecule has 1 aliphatic rings. The molecule has 6 nitrogen and oxygen atoms in total. The minimum absolute atomic E-state index is 0.0421. The number of piperidine rings is 1. The number of benzene rings is 2. The van der Waals surface area contributed by atoms with Gasteiger partial charge in [-0.3, -0.25) is 19.4 Å². The fourth-order valence-electron chi connectivity index (χ4n) is 3.73. The summed E-state index contributed by atoms with van der Waals surface area (Å²) in [4.78, 5) is 29.2. The van der Waals surface area contributed by atoms with Gasteiger partial charge in [-0.15, -0.1) is 0 Å². The molecule has 1 heterocycles. The molecule has 3 rings (SSSR count). The third-order valence-corrected chi connectivity index (χ3v) is 5.96. The second-order valence-electron chi connectivity index (χ2n) is 8.19. The number of carbonyl (C=O) groups is 2. The van der Waals surface area contributed by atoms with Gasteiger partial charge in [0.05, 0.1) is 12.6 Å². The zero-order valence-corrected chi connectivity index (χ0v) is 18.9. The lowest BCUT2D eigenvalue weighted by atomic mass is 10.0. The number of likely N-dealkylation sites (tertiary alicyclic amines) is 1. The van der Waals surface area contributed by atoms with Gasteiger partial charge in [-0.25, -0.2) is 0 Å². The van der Waals surface area contributed by atoms with E-state index in [0.717, 1.165) is 32.5 Å². The molecule has 2 aromatic rings. The van der Waals surface area contributed by atoms with Crippen LogP contribution in [0, 0.1) is 0 Å². The van der Waals surface area contributed by atoms with Crippen molar-refractivity contribution in [2.24, 2.45) is 0 Å². The smallest absolute Gasteiger partial charge is 0.238 e. The van der Waals surface area contributed by atoms with Crippen molar-refractivity contribution in [1.29, 1.82) is 0 Å². The number of likely N-dealkylation sites (N-methyl/N-ethyl adjacent to an activating group) is 1. The molecule has 31 heavy (non-hydrogen) atoms. The number of anilines is 1. The average molecular weight is 443 g/mol. The number of hydrogen-bond donors (Lipinski definition) is 2. The summed E-state index contributed by atoms with van der Waals surface area (Å²) in [5, 5.41) is 6.53. The van der Waals surface area contributed by atoms with E-state index in [1.807, 2.05) is 13.0 Å². The van der Waals surface area contributed by atoms with Crippen LogP contribution < -0.4 is 10.6 Å². The maximum absolute atomic E-state index is 12.7. The molecule has 0 spiro atoms. The highest BCUT2D eigenvalue weighted by molar-refractivity contribution is 6.30. The van der Waals surface area contributed by atoms with E-state index < -0.39 is 6.04 Å². The fraction of sp³-hybridized carbons (Fsp3) is 0.417. The summed E-state index contributed by atoms with van der Waals surface area (Å²) in [6.07, 6.45) is 1.87. The monoisotopic (exact) mass is 442 g/mol. The van der Waals surface area contributed by atoms with E-state index >= 15 is 0 Å². The third-order valence-electron chi connectivity index (χ3n) is 5.72. The van der Waals surface area contributed by atoms with Crippen LogP contribution in [0.4, 0.5) is 5.69 Å². The van der Waals surface area contributed by atoms with Gasteiger partial charge in [0.15, 0.2) is 0 Å². The highest BCUT2D eigenvalue weighted by Crippen LogP contribution is 2.16. The molecule has 0 bridgehead atoms. The lowest BCUT2D eigenvalue weighted by Gasteiger charge is -2.33. The van der Waals surface area contributed by atoms with Crippen molar-refractivity contribution in [2.45, 2.75) is 38.4 Å². The molecule has 1 atom stereocenters. The second-order valence-corrected chi connectivity index (χ2v) is 8.63. The Hall–Kier alpha value is -2.41. The largest absolute Gasteiger partial charge is 0.352 e. The van der Waals surface area contributed by atoms with Crippen molar-refractivity contribution in [3.05, 3.63) is 65.2 Å². The van der Waals surface area contributed by atoms with Gasteiger partial charge in [-0.1, -0.05) is 48.0 Å². The molecule has 0 radical (unpaired) electrons. The summed E-state index contributed by atoms with van der Waals surface area (Å²) in [5.41, 5.74) is 1.96. The Morgan fingerprint density at radius 3 is 2.52 bits per heavy atom. The molecule has 2 aromatic carbocycles. The number of amides is 2. The summed E-state index contributed by atoms with van der Waals surface area (Å²) in [6.45, 7) is 4.82. The molecule has 1 unspecified atom stereocenters. The first kappa shape index (κ1) is 23.3. The van der Waals surface area contributed by atoms with Gasteiger partial charge in [0.2, 0.25) is 11.8 Å². The zero-order valence-electron chi connectivity index (χ0n) is 18.2. The Kier molecular flexibility index (Phi) is 8.46. The van der Waals surface area contributed by atoms with Crippen LogP contribution in [0.15, 0.2) is 54.6 Å². The highest BCUT2D eigenvalue weighted by Gasteiger charge is 2.25. The molecule has 0 aromatic heterocycles. The van der Waals surface area contributed by atoms with Crippen LogP contribution in [-0.4, -0.2) is 60.4 Å². The molecule has 0 saturated carbocycles. The number of nitrogens with one attached hydrogen (secondary N) is 2. The van der Waals surface area contributed by atoms with Gasteiger partial charge in [-0.2, -0.15) is 0 Å². The first-order valence-electron chi connectivity index (χ1n) is 10.7. The van der Waals surface area contributed by atoms with Gasteiger partial charge >= 0.3 is 0 Å². The van der Waals surface area contributed by atoms with Crippen molar-refractivity contribution in [1.82, 2.24) is 15.1 Å². The highest BCUT2D eigenvalue weighted by atomic mass is 35.5. The molecule has 2 N–H and O–H groups in total. The summed E-state index contributed by atoms with van der Waals surface area (Å²) in [6, 6.07) is 17.2. The Balaban J connectivity index is 1.40. The summed E-state index contributed by atoms with van der Waals surface area (Å²) in [5.74, 6) is -0.224. The lowest BCUT2D eigenvalue weighted by Crippen LogP contribution is -2.51. The van der Waals surface area contributed by atoms with E-state index in [0.29, 0.717) is 10.7 Å². The molecule has 2 amide bonds. The van der Waals surface area contributed by atoms with Gasteiger partial charge in [0, 0.05) is 36.4 Å². The number of halogens is 1. The van der Waals surface area contributed by atoms with Crippen molar-refractivity contribution < 1.29 is 9.59 Å². The predicted octanol–water partition coefficient (Wildman–Crippen LogP) is 3.38. The predicted molar refractivity (Wildman–Crippen MR) is 125 cm³/mol. The fourth-order valence-corrected chi connectivity index (χ4v) is 3.92. The maximum Gasteiger partial charge on any atom is 0.238 e. The van der Waals surface area contributed by atoms with Crippen LogP contribution in [0.5, 0.6) is 0 Å². The van der Waals surface area contributed by atoms with E-state index in [-0.39, 0.29) is 24.4 Å². The quantitative estimate of drug-likeness (QED) is 0.657. The second kappa shape index (κ2) is 11.3. The average Bonchev–Trinajstić information content (AvgIpc) is 2.75. The standard InChI is InChI=1S/C24H31ClN4O2/c1-18(28(2)17-23(30)26-22-10-6-9-20(25)15-22)24(31)27-21-11-13-29(14-12-21)16-19-7-4-3-5-8-19/h3-10,15,18,21H,11-14,16-17H2,1-2H3,(H,26,30)(H,27,31). The summed E-state index contributed by atoms with van der Waals surface area (Å²) < 4.78 is 0. The maximum atomic E-state index is 12.7. The normalized spacial score (nSPS) is 16.1. The van der Waals surface area contributed by atoms with E-state index in [1.165, 1.54) is 5.56 Å². The topological polar surface area (TPSA) is 64.7 Å². The van der Waals surface area contributed by atoms with Crippen LogP contribution >= 0.6 is 11.6 Å². The molecule has 1 aliphatic heterocycles. The number of carbonyl (C=O) groups excluding carboxylic acids is 2. The third kappa shape index (κ3) is 7.35. The number of hydrogen-bond acceptors (Lipinski definition) is 4. The Morgan fingerprint density at radius 1 is 1.13 bits per heavy atom. The van der Waals surface area contributed by atoms with Crippen LogP contribution in [-0.2, 0) is 16.1 Å². The summed E-state index contributed by atoms with van der Waals surface area (Å²) in [7, 11) is 1.78. The Bertz CT molecular complexity index is 869. The molecule has 1 saturated heterocycles. The minimum atomic E-state index is -0.396. The molecule has 0 aliphatic carbocycles. The van der Waals surface area contributed by atoms with E-state index in [4.69, 9.17) is 11.6 Å². The van der Waals surface area contributed by atoms with Gasteiger partial charge in [-0.05, 0) is 50.6 Å². The van der Waals surface area contributed by atoms with E-state index in [2.05, 4.69) is 39.8 Å². The Morgan fingerprint density at radius 2 is 1.84 bits per heavy atom. The van der Waals surface area contributed by atoms with Gasteiger partial charge in [0.25, 0.3) is 0 Å². The lowest BCUT2D eigenvalue weighted by molar-refractivity contribution is -0.127. The number of rotatable bonds is 8. The van der Waals surface area contributed by atoms with Crippen molar-refractivity contribution in [3.8, 4) is 0 Å². The molecule has 166 valence electrons.